The number of pyridine rings is 1. The number of aliphatic hydroxyl groups is 1. The van der Waals surface area contributed by atoms with Crippen LogP contribution < -0.4 is 4.74 Å². The molecule has 0 spiro atoms. The average Bonchev–Trinajstić information content (AvgIpc) is 2.43. The second-order valence-electron chi connectivity index (χ2n) is 4.59. The van der Waals surface area contributed by atoms with Crippen molar-refractivity contribution in [2.75, 3.05) is 6.61 Å². The Morgan fingerprint density at radius 2 is 2.11 bits per heavy atom. The number of rotatable bonds is 5. The summed E-state index contributed by atoms with van der Waals surface area (Å²) in [6, 6.07) is 9.65. The van der Waals surface area contributed by atoms with Gasteiger partial charge in [-0.25, -0.2) is 0 Å². The van der Waals surface area contributed by atoms with Gasteiger partial charge in [-0.1, -0.05) is 26.3 Å². The van der Waals surface area contributed by atoms with Gasteiger partial charge in [-0.05, 0) is 30.2 Å². The summed E-state index contributed by atoms with van der Waals surface area (Å²) in [6.45, 7) is 4.41. The molecule has 1 heterocycles. The Bertz CT molecular complexity index is 507. The van der Waals surface area contributed by atoms with E-state index in [1.54, 1.807) is 6.20 Å². The Hall–Kier alpha value is -1.61. The van der Waals surface area contributed by atoms with Gasteiger partial charge < -0.3 is 9.84 Å². The zero-order valence-corrected chi connectivity index (χ0v) is 10.8. The number of nitrogens with zero attached hydrogens (tertiary/aromatic N) is 1. The fraction of sp³-hybridized carbons (Fsp3) is 0.400. The SMILES string of the molecule is CCC(C)C(O)COc1cccc2ncccc12. The van der Waals surface area contributed by atoms with Gasteiger partial charge in [0, 0.05) is 11.6 Å². The van der Waals surface area contributed by atoms with Crippen LogP contribution in [0.3, 0.4) is 0 Å². The van der Waals surface area contributed by atoms with Crippen LogP contribution in [0.4, 0.5) is 0 Å². The molecule has 2 unspecified atom stereocenters. The molecule has 18 heavy (non-hydrogen) atoms. The van der Waals surface area contributed by atoms with Gasteiger partial charge in [0.25, 0.3) is 0 Å². The molecule has 3 nitrogen and oxygen atoms in total. The number of benzene rings is 1. The highest BCUT2D eigenvalue weighted by molar-refractivity contribution is 5.84. The van der Waals surface area contributed by atoms with Gasteiger partial charge in [-0.15, -0.1) is 0 Å². The quantitative estimate of drug-likeness (QED) is 0.880. The Morgan fingerprint density at radius 3 is 2.89 bits per heavy atom. The van der Waals surface area contributed by atoms with Crippen molar-refractivity contribution in [3.8, 4) is 5.75 Å². The largest absolute Gasteiger partial charge is 0.490 e. The van der Waals surface area contributed by atoms with Crippen molar-refractivity contribution in [1.82, 2.24) is 4.98 Å². The van der Waals surface area contributed by atoms with E-state index in [1.807, 2.05) is 37.3 Å². The second-order valence-corrected chi connectivity index (χ2v) is 4.59. The fourth-order valence-corrected chi connectivity index (χ4v) is 1.81. The Balaban J connectivity index is 2.12. The maximum Gasteiger partial charge on any atom is 0.128 e. The van der Waals surface area contributed by atoms with Crippen molar-refractivity contribution in [1.29, 1.82) is 0 Å². The van der Waals surface area contributed by atoms with E-state index in [1.165, 1.54) is 0 Å². The van der Waals surface area contributed by atoms with E-state index in [4.69, 9.17) is 4.74 Å². The average molecular weight is 245 g/mol. The first-order chi connectivity index (χ1) is 8.72. The summed E-state index contributed by atoms with van der Waals surface area (Å²) in [5.74, 6) is 1.03. The highest BCUT2D eigenvalue weighted by atomic mass is 16.5. The van der Waals surface area contributed by atoms with E-state index in [2.05, 4.69) is 11.9 Å². The van der Waals surface area contributed by atoms with E-state index in [0.29, 0.717) is 6.61 Å². The van der Waals surface area contributed by atoms with Gasteiger partial charge in [0.2, 0.25) is 0 Å². The lowest BCUT2D eigenvalue weighted by molar-refractivity contribution is 0.0628. The summed E-state index contributed by atoms with van der Waals surface area (Å²) in [4.78, 5) is 4.28. The van der Waals surface area contributed by atoms with E-state index >= 15 is 0 Å². The summed E-state index contributed by atoms with van der Waals surface area (Å²) in [7, 11) is 0. The van der Waals surface area contributed by atoms with Crippen molar-refractivity contribution < 1.29 is 9.84 Å². The number of hydrogen-bond donors (Lipinski definition) is 1. The molecular weight excluding hydrogens is 226 g/mol. The molecule has 0 bridgehead atoms. The van der Waals surface area contributed by atoms with Crippen LogP contribution in [0.15, 0.2) is 36.5 Å². The smallest absolute Gasteiger partial charge is 0.128 e. The van der Waals surface area contributed by atoms with E-state index in [-0.39, 0.29) is 5.92 Å². The third kappa shape index (κ3) is 2.79. The van der Waals surface area contributed by atoms with Crippen LogP contribution >= 0.6 is 0 Å². The number of aromatic nitrogens is 1. The molecule has 1 N–H and O–H groups in total. The maximum absolute atomic E-state index is 9.91. The summed E-state index contributed by atoms with van der Waals surface area (Å²) < 4.78 is 5.71. The summed E-state index contributed by atoms with van der Waals surface area (Å²) in [5.41, 5.74) is 0.910. The molecule has 2 aromatic rings. The highest BCUT2D eigenvalue weighted by Crippen LogP contribution is 2.24. The molecular formula is C15H19NO2. The molecule has 0 aliphatic rings. The minimum absolute atomic E-state index is 0.248. The zero-order chi connectivity index (χ0) is 13.0. The normalized spacial score (nSPS) is 14.4. The van der Waals surface area contributed by atoms with Gasteiger partial charge >= 0.3 is 0 Å². The molecule has 0 radical (unpaired) electrons. The number of fused-ring (bicyclic) bond motifs is 1. The summed E-state index contributed by atoms with van der Waals surface area (Å²) >= 11 is 0. The molecule has 96 valence electrons. The molecule has 0 saturated heterocycles. The summed E-state index contributed by atoms with van der Waals surface area (Å²) in [6.07, 6.45) is 2.28. The molecule has 0 fully saturated rings. The first kappa shape index (κ1) is 12.8. The van der Waals surface area contributed by atoms with Gasteiger partial charge in [0.15, 0.2) is 0 Å². The van der Waals surface area contributed by atoms with Gasteiger partial charge in [0.05, 0.1) is 11.6 Å². The van der Waals surface area contributed by atoms with Crippen molar-refractivity contribution in [2.45, 2.75) is 26.4 Å². The van der Waals surface area contributed by atoms with Crippen LogP contribution in [-0.4, -0.2) is 22.8 Å². The van der Waals surface area contributed by atoms with Crippen LogP contribution in [0.2, 0.25) is 0 Å². The Kier molecular flexibility index (Phi) is 4.15. The predicted octanol–water partition coefficient (Wildman–Crippen LogP) is 3.02. The number of aliphatic hydroxyl groups excluding tert-OH is 1. The Labute approximate surface area is 107 Å². The molecule has 2 atom stereocenters. The van der Waals surface area contributed by atoms with Crippen LogP contribution in [0, 0.1) is 5.92 Å². The fourth-order valence-electron chi connectivity index (χ4n) is 1.81. The minimum Gasteiger partial charge on any atom is -0.490 e. The lowest BCUT2D eigenvalue weighted by Crippen LogP contribution is -2.24. The van der Waals surface area contributed by atoms with Crippen LogP contribution in [0.25, 0.3) is 10.9 Å². The van der Waals surface area contributed by atoms with Crippen LogP contribution in [-0.2, 0) is 0 Å². The maximum atomic E-state index is 9.91. The second kappa shape index (κ2) is 5.83. The third-order valence-electron chi connectivity index (χ3n) is 3.32. The number of hydrogen-bond acceptors (Lipinski definition) is 3. The van der Waals surface area contributed by atoms with Crippen molar-refractivity contribution in [3.05, 3.63) is 36.5 Å². The molecule has 0 saturated carbocycles. The molecule has 2 rings (SSSR count). The van der Waals surface area contributed by atoms with Crippen molar-refractivity contribution >= 4 is 10.9 Å². The Morgan fingerprint density at radius 1 is 1.28 bits per heavy atom. The number of ether oxygens (including phenoxy) is 1. The summed E-state index contributed by atoms with van der Waals surface area (Å²) in [5, 5.41) is 10.9. The van der Waals surface area contributed by atoms with Gasteiger partial charge in [-0.2, -0.15) is 0 Å². The van der Waals surface area contributed by atoms with Gasteiger partial charge in [0.1, 0.15) is 12.4 Å². The first-order valence-corrected chi connectivity index (χ1v) is 6.37. The lowest BCUT2D eigenvalue weighted by Gasteiger charge is -2.18. The molecule has 3 heteroatoms. The van der Waals surface area contributed by atoms with Gasteiger partial charge in [-0.3, -0.25) is 4.98 Å². The lowest BCUT2D eigenvalue weighted by atomic mass is 10.0. The van der Waals surface area contributed by atoms with Crippen molar-refractivity contribution in [3.63, 3.8) is 0 Å². The minimum atomic E-state index is -0.429. The highest BCUT2D eigenvalue weighted by Gasteiger charge is 2.13. The van der Waals surface area contributed by atoms with Crippen molar-refractivity contribution in [2.24, 2.45) is 5.92 Å². The molecule has 1 aromatic heterocycles. The zero-order valence-electron chi connectivity index (χ0n) is 10.8. The van der Waals surface area contributed by atoms with E-state index < -0.39 is 6.10 Å². The van der Waals surface area contributed by atoms with E-state index in [0.717, 1.165) is 23.1 Å². The molecule has 0 aliphatic carbocycles. The predicted molar refractivity (Wildman–Crippen MR) is 72.7 cm³/mol. The van der Waals surface area contributed by atoms with E-state index in [9.17, 15) is 5.11 Å². The van der Waals surface area contributed by atoms with Crippen LogP contribution in [0.1, 0.15) is 20.3 Å². The molecule has 0 aliphatic heterocycles. The van der Waals surface area contributed by atoms with Crippen LogP contribution in [0.5, 0.6) is 5.75 Å². The molecule has 1 aromatic carbocycles. The molecule has 0 amide bonds. The standard InChI is InChI=1S/C15H19NO2/c1-3-11(2)14(17)10-18-15-8-4-7-13-12(15)6-5-9-16-13/h4-9,11,14,17H,3,10H2,1-2H3. The third-order valence-corrected chi connectivity index (χ3v) is 3.32. The first-order valence-electron chi connectivity index (χ1n) is 6.37. The topological polar surface area (TPSA) is 42.4 Å². The monoisotopic (exact) mass is 245 g/mol.